The van der Waals surface area contributed by atoms with Crippen LogP contribution in [0.3, 0.4) is 0 Å². The fourth-order valence-electron chi connectivity index (χ4n) is 4.57. The van der Waals surface area contributed by atoms with E-state index in [9.17, 15) is 58.2 Å². The van der Waals surface area contributed by atoms with Crippen molar-refractivity contribution in [2.24, 2.45) is 5.41 Å². The second-order valence-corrected chi connectivity index (χ2v) is 11.3. The van der Waals surface area contributed by atoms with Crippen molar-refractivity contribution in [3.05, 3.63) is 53.6 Å². The first-order valence-electron chi connectivity index (χ1n) is 10.9. The smallest absolute Gasteiger partial charge is 0.417 e. The van der Waals surface area contributed by atoms with E-state index in [2.05, 4.69) is 0 Å². The van der Waals surface area contributed by atoms with Gasteiger partial charge in [-0.25, -0.2) is 22.0 Å². The largest absolute Gasteiger partial charge is 0.480 e. The third kappa shape index (κ3) is 4.60. The number of carbonyl (C=O) groups excluding carboxylic acids is 1. The molecule has 4 rings (SSSR count). The monoisotopic (exact) mass is 571 g/mol. The number of carboxylic acids is 1. The highest BCUT2D eigenvalue weighted by molar-refractivity contribution is 7.92. The number of carbonyl (C=O) groups is 2. The number of sulfone groups is 1. The first kappa shape index (κ1) is 27.8. The van der Waals surface area contributed by atoms with Gasteiger partial charge in [0.05, 0.1) is 15.7 Å². The molecule has 1 N–H and O–H groups in total. The van der Waals surface area contributed by atoms with Crippen LogP contribution < -0.4 is 0 Å². The van der Waals surface area contributed by atoms with Gasteiger partial charge in [0, 0.05) is 18.2 Å². The molecule has 2 aliphatic rings. The Morgan fingerprint density at radius 2 is 1.61 bits per heavy atom. The van der Waals surface area contributed by atoms with Gasteiger partial charge in [-0.2, -0.15) is 26.3 Å². The van der Waals surface area contributed by atoms with E-state index < -0.39 is 110 Å². The standard InChI is InChI=1S/C23H17F8NO5S/c24-12-2-3-14(16(25)8-12)11-1-4-18(15(7-11)22(26,27)28)38(36,37)13-9-17(19(33)34)32(10-13)20(35)21(5-6-21)23(29,30)31/h1-4,7-8,13,17H,5-6,9-10H2,(H,33,34)/t13-,17+/m1/s1. The van der Waals surface area contributed by atoms with E-state index in [1.165, 1.54) is 0 Å². The van der Waals surface area contributed by atoms with Gasteiger partial charge >= 0.3 is 18.3 Å². The summed E-state index contributed by atoms with van der Waals surface area (Å²) >= 11 is 0. The van der Waals surface area contributed by atoms with Crippen LogP contribution in [0.2, 0.25) is 0 Å². The number of hydrogen-bond donors (Lipinski definition) is 1. The van der Waals surface area contributed by atoms with Crippen LogP contribution in [0.1, 0.15) is 24.8 Å². The van der Waals surface area contributed by atoms with Gasteiger partial charge in [-0.05, 0) is 49.1 Å². The summed E-state index contributed by atoms with van der Waals surface area (Å²) in [5.74, 6) is -5.68. The molecule has 1 aliphatic carbocycles. The number of nitrogens with zero attached hydrogens (tertiary/aromatic N) is 1. The van der Waals surface area contributed by atoms with Crippen molar-refractivity contribution < 1.29 is 58.2 Å². The van der Waals surface area contributed by atoms with Crippen LogP contribution in [-0.2, 0) is 25.6 Å². The maximum atomic E-state index is 14.2. The molecule has 15 heteroatoms. The molecule has 2 aromatic carbocycles. The molecule has 1 aliphatic heterocycles. The van der Waals surface area contributed by atoms with E-state index >= 15 is 0 Å². The summed E-state index contributed by atoms with van der Waals surface area (Å²) in [4.78, 5) is 23.3. The van der Waals surface area contributed by atoms with Crippen LogP contribution in [0.15, 0.2) is 41.3 Å². The van der Waals surface area contributed by atoms with Crippen LogP contribution in [-0.4, -0.2) is 54.3 Å². The highest BCUT2D eigenvalue weighted by atomic mass is 32.2. The van der Waals surface area contributed by atoms with Gasteiger partial charge in [-0.3, -0.25) is 4.79 Å². The maximum absolute atomic E-state index is 14.2. The first-order valence-corrected chi connectivity index (χ1v) is 12.5. The molecule has 206 valence electrons. The minimum absolute atomic E-state index is 0.251. The van der Waals surface area contributed by atoms with Gasteiger partial charge in [0.2, 0.25) is 5.91 Å². The Morgan fingerprint density at radius 1 is 0.974 bits per heavy atom. The van der Waals surface area contributed by atoms with E-state index in [0.29, 0.717) is 18.2 Å². The van der Waals surface area contributed by atoms with Crippen LogP contribution in [0.4, 0.5) is 35.1 Å². The molecule has 2 fully saturated rings. The highest BCUT2D eigenvalue weighted by Gasteiger charge is 2.70. The molecule has 6 nitrogen and oxygen atoms in total. The molecule has 1 saturated carbocycles. The van der Waals surface area contributed by atoms with Gasteiger partial charge < -0.3 is 10.0 Å². The summed E-state index contributed by atoms with van der Waals surface area (Å²) < 4.78 is 136. The summed E-state index contributed by atoms with van der Waals surface area (Å²) in [5, 5.41) is 7.49. The molecule has 0 radical (unpaired) electrons. The average Bonchev–Trinajstić information content (AvgIpc) is 3.49. The van der Waals surface area contributed by atoms with Crippen molar-refractivity contribution in [3.63, 3.8) is 0 Å². The minimum Gasteiger partial charge on any atom is -0.480 e. The number of carboxylic acid groups (broad SMARTS) is 1. The normalized spacial score (nSPS) is 21.4. The number of hydrogen-bond acceptors (Lipinski definition) is 4. The number of amides is 1. The van der Waals surface area contributed by atoms with Crippen molar-refractivity contribution in [1.29, 1.82) is 0 Å². The number of likely N-dealkylation sites (tertiary alicyclic amines) is 1. The topological polar surface area (TPSA) is 91.8 Å². The summed E-state index contributed by atoms with van der Waals surface area (Å²) in [6, 6.07) is 1.68. The fourth-order valence-corrected chi connectivity index (χ4v) is 6.46. The minimum atomic E-state index is -5.32. The van der Waals surface area contributed by atoms with Gasteiger partial charge in [-0.1, -0.05) is 6.07 Å². The lowest BCUT2D eigenvalue weighted by Gasteiger charge is -2.28. The Kier molecular flexibility index (Phi) is 6.52. The zero-order valence-corrected chi connectivity index (χ0v) is 19.7. The number of aliphatic carboxylic acids is 1. The van der Waals surface area contributed by atoms with Gasteiger partial charge in [0.25, 0.3) is 0 Å². The average molecular weight is 571 g/mol. The van der Waals surface area contributed by atoms with Crippen molar-refractivity contribution in [2.45, 2.75) is 47.8 Å². The second kappa shape index (κ2) is 8.92. The third-order valence-electron chi connectivity index (χ3n) is 6.78. The molecule has 0 aromatic heterocycles. The molecule has 2 atom stereocenters. The Balaban J connectivity index is 1.74. The zero-order valence-electron chi connectivity index (χ0n) is 18.9. The quantitative estimate of drug-likeness (QED) is 0.520. The Bertz CT molecular complexity index is 1420. The predicted octanol–water partition coefficient (Wildman–Crippen LogP) is 4.82. The van der Waals surface area contributed by atoms with Crippen molar-refractivity contribution >= 4 is 21.7 Å². The van der Waals surface area contributed by atoms with Crippen molar-refractivity contribution in [2.75, 3.05) is 6.54 Å². The van der Waals surface area contributed by atoms with Gasteiger partial charge in [0.1, 0.15) is 23.1 Å². The van der Waals surface area contributed by atoms with E-state index in [1.54, 1.807) is 0 Å². The SMILES string of the molecule is O=C(O)[C@@H]1C[C@@H](S(=O)(=O)c2ccc(-c3ccc(F)cc3F)cc2C(F)(F)F)CN1C(=O)C1(C(F)(F)F)CC1. The molecular formula is C23H17F8NO5S. The van der Waals surface area contributed by atoms with Crippen molar-refractivity contribution in [1.82, 2.24) is 4.90 Å². The van der Waals surface area contributed by atoms with E-state index in [1.807, 2.05) is 0 Å². The van der Waals surface area contributed by atoms with E-state index in [0.717, 1.165) is 18.2 Å². The molecule has 38 heavy (non-hydrogen) atoms. The Labute approximate surface area is 209 Å². The number of halogens is 8. The molecule has 2 aromatic rings. The predicted molar refractivity (Wildman–Crippen MR) is 113 cm³/mol. The summed E-state index contributed by atoms with van der Waals surface area (Å²) in [6.45, 7) is -1.07. The molecule has 1 saturated heterocycles. The van der Waals surface area contributed by atoms with Crippen LogP contribution in [0.25, 0.3) is 11.1 Å². The lowest BCUT2D eigenvalue weighted by atomic mass is 10.0. The second-order valence-electron chi connectivity index (χ2n) is 9.13. The number of benzene rings is 2. The summed E-state index contributed by atoms with van der Waals surface area (Å²) in [7, 11) is -5.07. The molecular weight excluding hydrogens is 554 g/mol. The van der Waals surface area contributed by atoms with E-state index in [4.69, 9.17) is 0 Å². The maximum Gasteiger partial charge on any atom is 0.417 e. The fraction of sp³-hybridized carbons (Fsp3) is 0.391. The summed E-state index contributed by atoms with van der Waals surface area (Å²) in [5.41, 5.74) is -5.52. The molecule has 0 unspecified atom stereocenters. The molecule has 1 heterocycles. The van der Waals surface area contributed by atoms with Crippen molar-refractivity contribution in [3.8, 4) is 11.1 Å². The summed E-state index contributed by atoms with van der Waals surface area (Å²) in [6.07, 6.45) is -12.5. The first-order chi connectivity index (χ1) is 17.4. The van der Waals surface area contributed by atoms with Crippen LogP contribution in [0.5, 0.6) is 0 Å². The number of rotatable bonds is 5. The van der Waals surface area contributed by atoms with Crippen LogP contribution in [0, 0.1) is 17.0 Å². The Hall–Kier alpha value is -3.23. The Morgan fingerprint density at radius 3 is 2.11 bits per heavy atom. The lowest BCUT2D eigenvalue weighted by molar-refractivity contribution is -0.199. The number of alkyl halides is 6. The highest BCUT2D eigenvalue weighted by Crippen LogP contribution is 2.59. The van der Waals surface area contributed by atoms with E-state index in [-0.39, 0.29) is 4.90 Å². The van der Waals surface area contributed by atoms with Crippen LogP contribution >= 0.6 is 0 Å². The molecule has 0 bridgehead atoms. The lowest BCUT2D eigenvalue weighted by Crippen LogP contribution is -2.48. The van der Waals surface area contributed by atoms with Gasteiger partial charge in [0.15, 0.2) is 9.84 Å². The molecule has 0 spiro atoms. The third-order valence-corrected chi connectivity index (χ3v) is 8.97. The molecule has 1 amide bonds. The van der Waals surface area contributed by atoms with Gasteiger partial charge in [-0.15, -0.1) is 0 Å². The zero-order chi connectivity index (χ0) is 28.4.